The molecule has 0 radical (unpaired) electrons. The first-order valence-electron chi connectivity index (χ1n) is 22.8. The molecular formula is C46H70N8O11S. The van der Waals surface area contributed by atoms with E-state index in [0.717, 1.165) is 37.1 Å². The number of hydrogen-bond acceptors (Lipinski definition) is 14. The molecular weight excluding hydrogens is 873 g/mol. The number of aromatic nitrogens is 1. The molecule has 0 aliphatic carbocycles. The van der Waals surface area contributed by atoms with Crippen LogP contribution in [0.1, 0.15) is 120 Å². The highest BCUT2D eigenvalue weighted by Gasteiger charge is 2.38. The quantitative estimate of drug-likeness (QED) is 0.0168. The Labute approximate surface area is 391 Å². The number of nitrogens with one attached hydrogen (secondary N) is 2. The average molecular weight is 943 g/mol. The molecule has 1 fully saturated rings. The molecule has 20 heteroatoms. The van der Waals surface area contributed by atoms with Crippen molar-refractivity contribution in [2.24, 2.45) is 28.8 Å². The van der Waals surface area contributed by atoms with E-state index in [1.165, 1.54) is 25.3 Å². The van der Waals surface area contributed by atoms with Gasteiger partial charge in [-0.05, 0) is 74.3 Å². The van der Waals surface area contributed by atoms with E-state index in [4.69, 9.17) is 19.7 Å². The second kappa shape index (κ2) is 28.1. The molecule has 2 aromatic rings. The van der Waals surface area contributed by atoms with Gasteiger partial charge in [0.05, 0.1) is 50.5 Å². The third-order valence-corrected chi connectivity index (χ3v) is 13.0. The van der Waals surface area contributed by atoms with E-state index < -0.39 is 53.8 Å². The molecule has 3 rings (SSSR count). The van der Waals surface area contributed by atoms with Crippen molar-refractivity contribution in [2.75, 3.05) is 58.9 Å². The first kappa shape index (κ1) is 55.2. The third-order valence-electron chi connectivity index (χ3n) is 12.1. The van der Waals surface area contributed by atoms with Gasteiger partial charge in [0.1, 0.15) is 16.5 Å². The number of phenols is 1. The van der Waals surface area contributed by atoms with Gasteiger partial charge in [-0.2, -0.15) is 0 Å². The van der Waals surface area contributed by atoms with E-state index in [2.05, 4.69) is 30.5 Å². The number of anilines is 1. The van der Waals surface area contributed by atoms with Gasteiger partial charge in [-0.3, -0.25) is 33.7 Å². The summed E-state index contributed by atoms with van der Waals surface area (Å²) in [7, 11) is 3.69. The van der Waals surface area contributed by atoms with Crippen molar-refractivity contribution in [2.45, 2.75) is 124 Å². The Morgan fingerprint density at radius 1 is 1.06 bits per heavy atom. The minimum atomic E-state index is -1.06. The summed E-state index contributed by atoms with van der Waals surface area (Å²) in [6, 6.07) is 3.20. The van der Waals surface area contributed by atoms with Gasteiger partial charge in [0, 0.05) is 61.7 Å². The molecule has 1 aliphatic rings. The molecule has 3 amide bonds. The van der Waals surface area contributed by atoms with E-state index in [9.17, 15) is 39.0 Å². The largest absolute Gasteiger partial charge is 0.506 e. The first-order chi connectivity index (χ1) is 31.4. The number of azide groups is 1. The fourth-order valence-corrected chi connectivity index (χ4v) is 8.88. The molecule has 1 aromatic carbocycles. The topological polar surface area (TPSA) is 263 Å². The van der Waals surface area contributed by atoms with Crippen LogP contribution in [0.15, 0.2) is 28.7 Å². The van der Waals surface area contributed by atoms with Crippen LogP contribution < -0.4 is 10.6 Å². The van der Waals surface area contributed by atoms with E-state index in [0.29, 0.717) is 17.0 Å². The van der Waals surface area contributed by atoms with Crippen LogP contribution in [0.4, 0.5) is 5.69 Å². The van der Waals surface area contributed by atoms with Gasteiger partial charge in [0.2, 0.25) is 11.8 Å². The number of hydrogen-bond donors (Lipinski definition) is 4. The van der Waals surface area contributed by atoms with Crippen molar-refractivity contribution in [3.8, 4) is 5.75 Å². The number of carbonyl (C=O) groups is 6. The Morgan fingerprint density at radius 2 is 1.77 bits per heavy atom. The highest BCUT2D eigenvalue weighted by atomic mass is 32.1. The second-order valence-electron chi connectivity index (χ2n) is 17.5. The first-order valence-corrected chi connectivity index (χ1v) is 23.7. The Bertz CT molecular complexity index is 1970. The smallest absolute Gasteiger partial charge is 0.306 e. The number of ether oxygens (including phenoxy) is 3. The standard InChI is InChI=1S/C46H70N8O11S/c1-9-29(4)34(25-40(57)37-12-10-11-17-53(37)7)45(60)54(8)38(28(2)3)26-41(65-31(6)55)44-51-36(27-66-44)43(59)49-33(22-30(5)46(61)62)23-32-13-14-39(56)35(24-32)50-42(58)15-18-63-20-21-64-19-16-48-52-47/h13-14,24,27-30,33-34,37-38,41,56H,9-12,15-23,25-26H2,1-8H3,(H,49,59)(H,50,58)(H,61,62)/t29-,30?,33-,34-,37+,38+,41+/m0/s1. The molecule has 1 aromatic heterocycles. The summed E-state index contributed by atoms with van der Waals surface area (Å²) in [5, 5.41) is 31.1. The van der Waals surface area contributed by atoms with Crippen LogP contribution in [0.3, 0.4) is 0 Å². The zero-order chi connectivity index (χ0) is 48.9. The number of nitrogens with zero attached hydrogens (tertiary/aromatic N) is 6. The Kier molecular flexibility index (Phi) is 23.5. The lowest BCUT2D eigenvalue weighted by molar-refractivity contribution is -0.149. The summed E-state index contributed by atoms with van der Waals surface area (Å²) < 4.78 is 16.5. The number of aliphatic carboxylic acids is 1. The van der Waals surface area contributed by atoms with Crippen LogP contribution in [0.5, 0.6) is 5.75 Å². The third kappa shape index (κ3) is 17.9. The average Bonchev–Trinajstić information content (AvgIpc) is 3.77. The van der Waals surface area contributed by atoms with Gasteiger partial charge in [-0.25, -0.2) is 4.98 Å². The predicted molar refractivity (Wildman–Crippen MR) is 249 cm³/mol. The molecule has 1 aliphatic heterocycles. The molecule has 1 unspecified atom stereocenters. The van der Waals surface area contributed by atoms with Gasteiger partial charge < -0.3 is 40.0 Å². The number of carboxylic acid groups (broad SMARTS) is 1. The van der Waals surface area contributed by atoms with Crippen LogP contribution >= 0.6 is 11.3 Å². The molecule has 366 valence electrons. The number of esters is 1. The molecule has 19 nitrogen and oxygen atoms in total. The van der Waals surface area contributed by atoms with Gasteiger partial charge in [-0.1, -0.05) is 58.6 Å². The molecule has 66 heavy (non-hydrogen) atoms. The van der Waals surface area contributed by atoms with E-state index in [-0.39, 0.29) is 112 Å². The van der Waals surface area contributed by atoms with E-state index >= 15 is 0 Å². The fraction of sp³-hybridized carbons (Fsp3) is 0.674. The molecule has 0 saturated carbocycles. The van der Waals surface area contributed by atoms with Gasteiger partial charge >= 0.3 is 11.9 Å². The lowest BCUT2D eigenvalue weighted by Gasteiger charge is -2.37. The predicted octanol–water partition coefficient (Wildman–Crippen LogP) is 6.56. The SMILES string of the molecule is CC[C@H](C)[C@H](CC(=O)[C@H]1CCCCN1C)C(=O)N(C)[C@H](C[C@@H](OC(C)=O)c1nc(C(=O)N[C@H](Cc2ccc(O)c(NC(=O)CCOCCOCCN=[N+]=[N-])c2)CC(C)C(=O)O)cs1)C(C)C. The summed E-state index contributed by atoms with van der Waals surface area (Å²) in [5.41, 5.74) is 9.03. The number of ketones is 1. The van der Waals surface area contributed by atoms with Crippen molar-refractivity contribution in [1.29, 1.82) is 0 Å². The summed E-state index contributed by atoms with van der Waals surface area (Å²) in [6.45, 7) is 12.6. The lowest BCUT2D eigenvalue weighted by Crippen LogP contribution is -2.48. The second-order valence-corrected chi connectivity index (χ2v) is 18.4. The summed E-state index contributed by atoms with van der Waals surface area (Å²) in [5.74, 6) is -4.42. The number of likely N-dealkylation sites (N-methyl/N-ethyl adjacent to an activating group) is 1. The van der Waals surface area contributed by atoms with Crippen LogP contribution in [0, 0.1) is 23.7 Å². The fourth-order valence-electron chi connectivity index (χ4n) is 8.04. The molecule has 2 heterocycles. The molecule has 1 saturated heterocycles. The number of Topliss-reactive ketones (excluding diaryl/α,β-unsaturated/α-hetero) is 1. The molecule has 0 bridgehead atoms. The highest BCUT2D eigenvalue weighted by Crippen LogP contribution is 2.33. The van der Waals surface area contributed by atoms with Gasteiger partial charge in [0.15, 0.2) is 11.9 Å². The zero-order valence-electron chi connectivity index (χ0n) is 39.7. The Hall–Kier alpha value is -5.14. The number of phenolic OH excluding ortho intramolecular Hbond substituents is 1. The maximum absolute atomic E-state index is 14.4. The highest BCUT2D eigenvalue weighted by molar-refractivity contribution is 7.09. The molecule has 0 spiro atoms. The zero-order valence-corrected chi connectivity index (χ0v) is 40.5. The van der Waals surface area contributed by atoms with E-state index in [1.807, 2.05) is 34.7 Å². The lowest BCUT2D eigenvalue weighted by atomic mass is 9.83. The van der Waals surface area contributed by atoms with Crippen molar-refractivity contribution in [3.63, 3.8) is 0 Å². The van der Waals surface area contributed by atoms with Crippen molar-refractivity contribution < 1.29 is 53.2 Å². The van der Waals surface area contributed by atoms with Crippen LogP contribution in [0.2, 0.25) is 0 Å². The summed E-state index contributed by atoms with van der Waals surface area (Å²) in [4.78, 5) is 89.9. The minimum Gasteiger partial charge on any atom is -0.506 e. The molecule has 7 atom stereocenters. The monoisotopic (exact) mass is 942 g/mol. The number of piperidine rings is 1. The van der Waals surface area contributed by atoms with Crippen molar-refractivity contribution in [3.05, 3.63) is 50.3 Å². The van der Waals surface area contributed by atoms with Crippen molar-refractivity contribution in [1.82, 2.24) is 20.1 Å². The number of aromatic hydroxyl groups is 1. The number of benzene rings is 1. The Morgan fingerprint density at radius 3 is 2.41 bits per heavy atom. The normalized spacial score (nSPS) is 16.8. The van der Waals surface area contributed by atoms with E-state index in [1.54, 1.807) is 24.1 Å². The van der Waals surface area contributed by atoms with Crippen LogP contribution in [-0.4, -0.2) is 132 Å². The van der Waals surface area contributed by atoms with Crippen molar-refractivity contribution >= 4 is 52.5 Å². The minimum absolute atomic E-state index is 0.0164. The molecule has 4 N–H and O–H groups in total. The van der Waals surface area contributed by atoms with Gasteiger partial charge in [-0.15, -0.1) is 11.3 Å². The summed E-state index contributed by atoms with van der Waals surface area (Å²) in [6.07, 6.45) is 3.10. The number of rotatable bonds is 29. The summed E-state index contributed by atoms with van der Waals surface area (Å²) >= 11 is 1.12. The van der Waals surface area contributed by atoms with Gasteiger partial charge in [0.25, 0.3) is 5.91 Å². The van der Waals surface area contributed by atoms with Crippen LogP contribution in [0.25, 0.3) is 10.4 Å². The Balaban J connectivity index is 1.75. The number of likely N-dealkylation sites (tertiary alicyclic amines) is 1. The number of thiazole rings is 1. The maximum atomic E-state index is 14.4. The number of carboxylic acids is 1. The van der Waals surface area contributed by atoms with Crippen LogP contribution in [-0.2, 0) is 44.6 Å². The number of amides is 3. The number of carbonyl (C=O) groups excluding carboxylic acids is 5. The maximum Gasteiger partial charge on any atom is 0.306 e.